The fourth-order valence-electron chi connectivity index (χ4n) is 6.23. The van der Waals surface area contributed by atoms with E-state index >= 15 is 0 Å². The minimum Gasteiger partial charge on any atom is -0.465 e. The first-order valence-electron chi connectivity index (χ1n) is 12.8. The predicted molar refractivity (Wildman–Crippen MR) is 147 cm³/mol. The van der Waals surface area contributed by atoms with Crippen molar-refractivity contribution in [3.63, 3.8) is 0 Å². The number of aryl methyl sites for hydroxylation is 1. The van der Waals surface area contributed by atoms with Gasteiger partial charge in [-0.1, -0.05) is 35.9 Å². The second-order valence-electron chi connectivity index (χ2n) is 10.1. The van der Waals surface area contributed by atoms with E-state index in [1.165, 1.54) is 4.90 Å². The summed E-state index contributed by atoms with van der Waals surface area (Å²) in [6, 6.07) is 4.00. The fraction of sp³-hybridized carbons (Fsp3) is 0.536. The smallest absolute Gasteiger partial charge is 0.310 e. The lowest BCUT2D eigenvalue weighted by Crippen LogP contribution is -2.57. The molecule has 9 heteroatoms. The molecule has 0 aliphatic carbocycles. The molecule has 2 bridgehead atoms. The molecular weight excluding hydrogens is 512 g/mol. The number of ether oxygens (including phenoxy) is 1. The van der Waals surface area contributed by atoms with Crippen LogP contribution in [0.5, 0.6) is 0 Å². The van der Waals surface area contributed by atoms with E-state index in [9.17, 15) is 19.5 Å². The summed E-state index contributed by atoms with van der Waals surface area (Å²) in [5.74, 6) is -2.21. The fourth-order valence-corrected chi connectivity index (χ4v) is 8.74. The molecule has 200 valence electrons. The van der Waals surface area contributed by atoms with Crippen LogP contribution in [0.3, 0.4) is 0 Å². The van der Waals surface area contributed by atoms with Gasteiger partial charge in [0, 0.05) is 11.8 Å². The Morgan fingerprint density at radius 3 is 2.78 bits per heavy atom. The monoisotopic (exact) mass is 546 g/mol. The summed E-state index contributed by atoms with van der Waals surface area (Å²) < 4.78 is 4.82. The molecule has 2 amide bonds. The van der Waals surface area contributed by atoms with Crippen LogP contribution in [-0.2, 0) is 19.1 Å². The summed E-state index contributed by atoms with van der Waals surface area (Å²) in [5.41, 5.74) is 1.40. The van der Waals surface area contributed by atoms with Gasteiger partial charge < -0.3 is 19.6 Å². The number of rotatable bonds is 11. The highest BCUT2D eigenvalue weighted by atomic mass is 35.5. The van der Waals surface area contributed by atoms with Crippen LogP contribution in [0.15, 0.2) is 43.5 Å². The molecule has 3 aliphatic heterocycles. The van der Waals surface area contributed by atoms with Gasteiger partial charge in [0.1, 0.15) is 6.04 Å². The molecule has 1 spiro atoms. The molecule has 4 rings (SSSR count). The molecule has 1 aromatic rings. The molecule has 0 aromatic heterocycles. The summed E-state index contributed by atoms with van der Waals surface area (Å²) in [7, 11) is 0. The van der Waals surface area contributed by atoms with Crippen molar-refractivity contribution in [2.75, 3.05) is 24.7 Å². The highest BCUT2D eigenvalue weighted by Gasteiger charge is 2.74. The van der Waals surface area contributed by atoms with Gasteiger partial charge in [0.15, 0.2) is 0 Å². The highest BCUT2D eigenvalue weighted by molar-refractivity contribution is 8.02. The number of anilines is 1. The maximum Gasteiger partial charge on any atom is 0.310 e. The Bertz CT molecular complexity index is 1080. The molecule has 3 fully saturated rings. The third-order valence-corrected chi connectivity index (χ3v) is 10.1. The van der Waals surface area contributed by atoms with Crippen LogP contribution in [0.2, 0.25) is 5.02 Å². The molecule has 37 heavy (non-hydrogen) atoms. The van der Waals surface area contributed by atoms with Crippen LogP contribution in [0.1, 0.15) is 38.2 Å². The van der Waals surface area contributed by atoms with E-state index in [1.54, 1.807) is 41.8 Å². The van der Waals surface area contributed by atoms with Crippen molar-refractivity contribution in [1.29, 1.82) is 0 Å². The zero-order chi connectivity index (χ0) is 26.9. The first kappa shape index (κ1) is 27.7. The topological polar surface area (TPSA) is 87.1 Å². The van der Waals surface area contributed by atoms with Crippen molar-refractivity contribution in [2.24, 2.45) is 11.8 Å². The maximum absolute atomic E-state index is 14.5. The number of hydrogen-bond donors (Lipinski definition) is 1. The zero-order valence-corrected chi connectivity index (χ0v) is 23.0. The first-order chi connectivity index (χ1) is 17.7. The lowest BCUT2D eigenvalue weighted by molar-refractivity contribution is -0.154. The SMILES string of the molecule is C=CCCCOC(=O)[C@@H]1[C@H]2C(=O)N([C@H](C)CO)C(C(=O)N(CC=C)c3c(C)cccc3Cl)C23CC[C@H]1S3. The minimum absolute atomic E-state index is 0.0855. The number of fused-ring (bicyclic) bond motifs is 1. The molecule has 2 unspecified atom stereocenters. The summed E-state index contributed by atoms with van der Waals surface area (Å²) in [6.45, 7) is 11.3. The second-order valence-corrected chi connectivity index (χ2v) is 12.1. The molecule has 7 nitrogen and oxygen atoms in total. The van der Waals surface area contributed by atoms with Gasteiger partial charge in [-0.2, -0.15) is 0 Å². The number of nitrogens with zero attached hydrogens (tertiary/aromatic N) is 2. The number of para-hydroxylation sites is 1. The number of esters is 1. The standard InChI is InChI=1S/C28H35ClN2O5S/c1-5-7-8-15-36-27(35)21-20-12-13-28(37-20)22(21)25(33)31(18(4)16-32)24(28)26(34)30(14-6-2)23-17(3)10-9-11-19(23)29/h5-6,9-11,18,20-22,24,32H,1-2,7-8,12-16H2,3-4H3/t18-,20-,21+,22+,24?,28?/m1/s1. The van der Waals surface area contributed by atoms with Gasteiger partial charge in [-0.15, -0.1) is 24.9 Å². The van der Waals surface area contributed by atoms with Gasteiger partial charge in [-0.25, -0.2) is 0 Å². The van der Waals surface area contributed by atoms with Gasteiger partial charge in [-0.05, 0) is 51.2 Å². The number of carbonyl (C=O) groups excluding carboxylic acids is 3. The summed E-state index contributed by atoms with van der Waals surface area (Å²) in [6.07, 6.45) is 6.17. The highest BCUT2D eigenvalue weighted by Crippen LogP contribution is 2.67. The lowest BCUT2D eigenvalue weighted by atomic mass is 9.71. The average molecular weight is 547 g/mol. The van der Waals surface area contributed by atoms with Crippen LogP contribution in [0, 0.1) is 18.8 Å². The summed E-state index contributed by atoms with van der Waals surface area (Å²) >= 11 is 8.14. The van der Waals surface area contributed by atoms with Crippen LogP contribution in [0.4, 0.5) is 5.69 Å². The third-order valence-electron chi connectivity index (χ3n) is 7.82. The number of aliphatic hydroxyl groups excluding tert-OH is 1. The number of thioether (sulfide) groups is 1. The molecule has 3 saturated heterocycles. The second kappa shape index (κ2) is 11.2. The minimum atomic E-state index is -0.851. The van der Waals surface area contributed by atoms with E-state index in [4.69, 9.17) is 16.3 Å². The van der Waals surface area contributed by atoms with Gasteiger partial charge in [0.25, 0.3) is 5.91 Å². The Balaban J connectivity index is 1.74. The molecule has 0 saturated carbocycles. The number of carbonyl (C=O) groups is 3. The van der Waals surface area contributed by atoms with E-state index in [0.717, 1.165) is 18.4 Å². The quantitative estimate of drug-likeness (QED) is 0.255. The van der Waals surface area contributed by atoms with Gasteiger partial charge in [-0.3, -0.25) is 14.4 Å². The number of aliphatic hydroxyl groups is 1. The Kier molecular flexibility index (Phi) is 8.41. The van der Waals surface area contributed by atoms with Crippen LogP contribution in [-0.4, -0.2) is 69.6 Å². The van der Waals surface area contributed by atoms with Crippen molar-refractivity contribution in [1.82, 2.24) is 4.90 Å². The summed E-state index contributed by atoms with van der Waals surface area (Å²) in [5, 5.41) is 10.4. The normalized spacial score (nSPS) is 28.6. The third kappa shape index (κ3) is 4.61. The Morgan fingerprint density at radius 2 is 2.14 bits per heavy atom. The molecule has 0 radical (unpaired) electrons. The number of likely N-dealkylation sites (tertiary alicyclic amines) is 1. The predicted octanol–water partition coefficient (Wildman–Crippen LogP) is 4.15. The largest absolute Gasteiger partial charge is 0.465 e. The van der Waals surface area contributed by atoms with Crippen molar-refractivity contribution in [2.45, 2.75) is 61.6 Å². The number of amides is 2. The Morgan fingerprint density at radius 1 is 1.38 bits per heavy atom. The number of unbranched alkanes of at least 4 members (excludes halogenated alkanes) is 1. The van der Waals surface area contributed by atoms with Crippen molar-refractivity contribution < 1.29 is 24.2 Å². The van der Waals surface area contributed by atoms with E-state index in [0.29, 0.717) is 23.6 Å². The number of hydrogen-bond acceptors (Lipinski definition) is 6. The van der Waals surface area contributed by atoms with Crippen molar-refractivity contribution in [3.05, 3.63) is 54.1 Å². The van der Waals surface area contributed by atoms with Gasteiger partial charge in [0.2, 0.25) is 5.91 Å². The van der Waals surface area contributed by atoms with E-state index in [2.05, 4.69) is 13.2 Å². The Hall–Kier alpha value is -2.29. The molecule has 1 aromatic carbocycles. The van der Waals surface area contributed by atoms with E-state index < -0.39 is 28.7 Å². The van der Waals surface area contributed by atoms with E-state index in [1.807, 2.05) is 19.1 Å². The number of allylic oxidation sites excluding steroid dienone is 1. The van der Waals surface area contributed by atoms with Crippen molar-refractivity contribution >= 4 is 46.8 Å². The molecule has 1 N–H and O–H groups in total. The Labute approximate surface area is 227 Å². The van der Waals surface area contributed by atoms with E-state index in [-0.39, 0.29) is 42.8 Å². The molecular formula is C28H35ClN2O5S. The summed E-state index contributed by atoms with van der Waals surface area (Å²) in [4.78, 5) is 44.8. The van der Waals surface area contributed by atoms with Crippen LogP contribution < -0.4 is 4.90 Å². The zero-order valence-electron chi connectivity index (χ0n) is 21.4. The first-order valence-corrected chi connectivity index (χ1v) is 14.0. The van der Waals surface area contributed by atoms with Crippen molar-refractivity contribution in [3.8, 4) is 0 Å². The lowest BCUT2D eigenvalue weighted by Gasteiger charge is -2.39. The van der Waals surface area contributed by atoms with Crippen LogP contribution >= 0.6 is 23.4 Å². The molecule has 3 heterocycles. The average Bonchev–Trinajstić information content (AvgIpc) is 3.52. The molecule has 6 atom stereocenters. The van der Waals surface area contributed by atoms with Gasteiger partial charge in [0.05, 0.1) is 46.5 Å². The van der Waals surface area contributed by atoms with Gasteiger partial charge >= 0.3 is 5.97 Å². The molecule has 3 aliphatic rings. The maximum atomic E-state index is 14.5. The number of benzene rings is 1. The van der Waals surface area contributed by atoms with Crippen LogP contribution in [0.25, 0.3) is 0 Å². The number of halogens is 1.